The van der Waals surface area contributed by atoms with E-state index in [0.29, 0.717) is 21.5 Å². The molecule has 182 valence electrons. The standard InChI is InChI=1S/C24H27N7O2S2/c1-16(2)33-21-6-5-18(35(3,25)32)12-19(21)28-24-29-20(15-34-24)17-4-7-22(27-13-17)31-11-10-30-9-8-26-23(30)14-31/h4-9,12-13,15-16H,3,10-11,14H2,1-2H3,(H2,25,32)(H,28,29). The van der Waals surface area contributed by atoms with Gasteiger partial charge < -0.3 is 19.5 Å². The number of benzene rings is 1. The quantitative estimate of drug-likeness (QED) is 0.364. The van der Waals surface area contributed by atoms with Gasteiger partial charge in [-0.3, -0.25) is 5.14 Å². The third kappa shape index (κ3) is 5.16. The highest BCUT2D eigenvalue weighted by Gasteiger charge is 2.18. The van der Waals surface area contributed by atoms with E-state index in [4.69, 9.17) is 14.9 Å². The molecule has 0 saturated heterocycles. The number of pyridine rings is 1. The van der Waals surface area contributed by atoms with Crippen LogP contribution in [-0.2, 0) is 22.8 Å². The van der Waals surface area contributed by atoms with E-state index in [0.717, 1.165) is 42.5 Å². The van der Waals surface area contributed by atoms with Crippen molar-refractivity contribution in [2.24, 2.45) is 5.14 Å². The van der Waals surface area contributed by atoms with Crippen LogP contribution in [0.5, 0.6) is 5.75 Å². The maximum absolute atomic E-state index is 12.3. The number of nitrogens with two attached hydrogens (primary N) is 1. The van der Waals surface area contributed by atoms with E-state index in [1.165, 1.54) is 11.3 Å². The molecule has 0 fully saturated rings. The predicted molar refractivity (Wildman–Crippen MR) is 142 cm³/mol. The van der Waals surface area contributed by atoms with Gasteiger partial charge in [-0.2, -0.15) is 0 Å². The lowest BCUT2D eigenvalue weighted by Crippen LogP contribution is -2.34. The Balaban J connectivity index is 1.34. The second kappa shape index (κ2) is 9.33. The Hall–Kier alpha value is -3.41. The molecule has 11 heteroatoms. The van der Waals surface area contributed by atoms with Gasteiger partial charge in [-0.1, -0.05) is 0 Å². The van der Waals surface area contributed by atoms with Crippen LogP contribution in [0.3, 0.4) is 0 Å². The van der Waals surface area contributed by atoms with E-state index < -0.39 is 9.71 Å². The molecule has 1 unspecified atom stereocenters. The smallest absolute Gasteiger partial charge is 0.187 e. The van der Waals surface area contributed by atoms with Crippen molar-refractivity contribution >= 4 is 43.6 Å². The minimum atomic E-state index is -2.86. The molecule has 1 atom stereocenters. The van der Waals surface area contributed by atoms with Crippen LogP contribution in [0.1, 0.15) is 19.7 Å². The first kappa shape index (κ1) is 23.3. The Morgan fingerprint density at radius 1 is 1.23 bits per heavy atom. The average molecular weight is 510 g/mol. The Morgan fingerprint density at radius 2 is 2.09 bits per heavy atom. The van der Waals surface area contributed by atoms with Crippen LogP contribution in [0.4, 0.5) is 16.6 Å². The fraction of sp³-hybridized carbons (Fsp3) is 0.250. The number of aromatic nitrogens is 4. The van der Waals surface area contributed by atoms with Crippen molar-refractivity contribution in [3.05, 3.63) is 60.1 Å². The molecule has 1 aliphatic heterocycles. The number of hydrogen-bond donors (Lipinski definition) is 2. The fourth-order valence-electron chi connectivity index (χ4n) is 3.85. The summed E-state index contributed by atoms with van der Waals surface area (Å²) in [5, 5.41) is 11.7. The minimum absolute atomic E-state index is 0.0280. The Bertz CT molecular complexity index is 1440. The predicted octanol–water partition coefficient (Wildman–Crippen LogP) is 3.90. The van der Waals surface area contributed by atoms with E-state index in [1.807, 2.05) is 50.0 Å². The van der Waals surface area contributed by atoms with Crippen LogP contribution < -0.4 is 20.1 Å². The van der Waals surface area contributed by atoms with Gasteiger partial charge in [-0.15, -0.1) is 11.3 Å². The molecule has 1 aromatic carbocycles. The van der Waals surface area contributed by atoms with Crippen molar-refractivity contribution in [3.63, 3.8) is 0 Å². The third-order valence-corrected chi connectivity index (χ3v) is 7.38. The zero-order chi connectivity index (χ0) is 24.6. The molecular weight excluding hydrogens is 482 g/mol. The molecule has 0 saturated carbocycles. The molecule has 0 radical (unpaired) electrons. The lowest BCUT2D eigenvalue weighted by molar-refractivity contribution is 0.243. The molecule has 1 aliphatic rings. The van der Waals surface area contributed by atoms with E-state index in [-0.39, 0.29) is 6.10 Å². The third-order valence-electron chi connectivity index (χ3n) is 5.57. The molecule has 9 nitrogen and oxygen atoms in total. The fourth-order valence-corrected chi connectivity index (χ4v) is 5.20. The van der Waals surface area contributed by atoms with Gasteiger partial charge in [0.15, 0.2) is 5.13 Å². The van der Waals surface area contributed by atoms with Crippen LogP contribution in [0.15, 0.2) is 59.2 Å². The van der Waals surface area contributed by atoms with Crippen molar-refractivity contribution in [2.45, 2.75) is 37.9 Å². The van der Waals surface area contributed by atoms with E-state index >= 15 is 0 Å². The molecule has 35 heavy (non-hydrogen) atoms. The summed E-state index contributed by atoms with van der Waals surface area (Å²) in [5.41, 5.74) is 2.37. The van der Waals surface area contributed by atoms with Gasteiger partial charge in [-0.25, -0.2) is 19.2 Å². The second-order valence-corrected chi connectivity index (χ2v) is 11.4. The molecule has 4 aromatic rings. The molecule has 0 bridgehead atoms. The normalized spacial score (nSPS) is 15.0. The first-order chi connectivity index (χ1) is 16.8. The van der Waals surface area contributed by atoms with Crippen LogP contribution in [-0.4, -0.2) is 42.2 Å². The molecule has 0 spiro atoms. The van der Waals surface area contributed by atoms with E-state index in [9.17, 15) is 4.21 Å². The maximum Gasteiger partial charge on any atom is 0.187 e. The lowest BCUT2D eigenvalue weighted by atomic mass is 10.2. The number of thiazole rings is 1. The topological polar surface area (TPSA) is 111 Å². The summed E-state index contributed by atoms with van der Waals surface area (Å²) in [7, 11) is -2.86. The Morgan fingerprint density at radius 3 is 2.83 bits per heavy atom. The molecule has 0 aliphatic carbocycles. The van der Waals surface area contributed by atoms with Crippen LogP contribution in [0.2, 0.25) is 0 Å². The van der Waals surface area contributed by atoms with Crippen molar-refractivity contribution in [1.82, 2.24) is 19.5 Å². The summed E-state index contributed by atoms with van der Waals surface area (Å²) in [5.74, 6) is 6.17. The summed E-state index contributed by atoms with van der Waals surface area (Å²) in [6.45, 7) is 6.43. The number of ether oxygens (including phenoxy) is 1. The first-order valence-electron chi connectivity index (χ1n) is 11.2. The summed E-state index contributed by atoms with van der Waals surface area (Å²) in [4.78, 5) is 16.5. The van der Waals surface area contributed by atoms with Crippen LogP contribution in [0.25, 0.3) is 11.3 Å². The monoisotopic (exact) mass is 509 g/mol. The van der Waals surface area contributed by atoms with Gasteiger partial charge >= 0.3 is 0 Å². The highest BCUT2D eigenvalue weighted by molar-refractivity contribution is 7.98. The Kier molecular flexibility index (Phi) is 6.22. The summed E-state index contributed by atoms with van der Waals surface area (Å²) >= 11 is 1.46. The maximum atomic E-state index is 12.3. The number of hydrogen-bond acceptors (Lipinski definition) is 8. The largest absolute Gasteiger partial charge is 0.489 e. The van der Waals surface area contributed by atoms with Gasteiger partial charge in [0.25, 0.3) is 0 Å². The summed E-state index contributed by atoms with van der Waals surface area (Å²) in [6.07, 6.45) is 5.67. The average Bonchev–Trinajstić information content (AvgIpc) is 3.48. The van der Waals surface area contributed by atoms with Crippen molar-refractivity contribution in [2.75, 3.05) is 16.8 Å². The van der Waals surface area contributed by atoms with Gasteiger partial charge in [0.1, 0.15) is 17.4 Å². The van der Waals surface area contributed by atoms with Gasteiger partial charge in [0, 0.05) is 47.5 Å². The van der Waals surface area contributed by atoms with E-state index in [1.54, 1.807) is 18.2 Å². The summed E-state index contributed by atoms with van der Waals surface area (Å²) < 4.78 is 20.4. The lowest BCUT2D eigenvalue weighted by Gasteiger charge is -2.28. The highest BCUT2D eigenvalue weighted by atomic mass is 32.2. The van der Waals surface area contributed by atoms with Crippen molar-refractivity contribution < 1.29 is 8.95 Å². The molecule has 5 rings (SSSR count). The number of nitrogens with one attached hydrogen (secondary N) is 1. The highest BCUT2D eigenvalue weighted by Crippen LogP contribution is 2.34. The molecular formula is C24H27N7O2S2. The van der Waals surface area contributed by atoms with Crippen molar-refractivity contribution in [1.29, 1.82) is 0 Å². The number of rotatable bonds is 7. The summed E-state index contributed by atoms with van der Waals surface area (Å²) in [6, 6.07) is 9.18. The molecule has 0 amide bonds. The Labute approximate surface area is 208 Å². The van der Waals surface area contributed by atoms with Crippen LogP contribution in [0, 0.1) is 0 Å². The first-order valence-corrected chi connectivity index (χ1v) is 13.8. The van der Waals surface area contributed by atoms with E-state index in [2.05, 4.69) is 30.6 Å². The number of imidazole rings is 1. The molecule has 3 aromatic heterocycles. The minimum Gasteiger partial charge on any atom is -0.489 e. The SMILES string of the molecule is C=S(N)(=O)c1ccc(OC(C)C)c(Nc2nc(-c3ccc(N4CCn5ccnc5C4)nc3)cs2)c1. The zero-order valence-corrected chi connectivity index (χ0v) is 21.2. The number of fused-ring (bicyclic) bond motifs is 1. The van der Waals surface area contributed by atoms with Gasteiger partial charge in [0.2, 0.25) is 0 Å². The van der Waals surface area contributed by atoms with Crippen molar-refractivity contribution in [3.8, 4) is 17.0 Å². The number of nitrogens with zero attached hydrogens (tertiary/aromatic N) is 5. The second-order valence-electron chi connectivity index (χ2n) is 8.58. The molecule has 3 N–H and O–H groups in total. The number of anilines is 3. The zero-order valence-electron chi connectivity index (χ0n) is 19.5. The van der Waals surface area contributed by atoms with Gasteiger partial charge in [0.05, 0.1) is 33.7 Å². The van der Waals surface area contributed by atoms with Crippen LogP contribution >= 0.6 is 11.3 Å². The van der Waals surface area contributed by atoms with Gasteiger partial charge in [-0.05, 0) is 50.0 Å². The molecule has 4 heterocycles.